The van der Waals surface area contributed by atoms with Gasteiger partial charge in [-0.05, 0) is 54.8 Å². The first kappa shape index (κ1) is 22.2. The van der Waals surface area contributed by atoms with Crippen LogP contribution in [-0.4, -0.2) is 34.5 Å². The molecule has 0 unspecified atom stereocenters. The summed E-state index contributed by atoms with van der Waals surface area (Å²) in [5, 5.41) is 13.5. The van der Waals surface area contributed by atoms with E-state index in [1.54, 1.807) is 17.0 Å². The minimum absolute atomic E-state index is 0.0928. The fourth-order valence-corrected chi connectivity index (χ4v) is 4.19. The molecule has 1 fully saturated rings. The number of nitrogens with zero attached hydrogens (tertiary/aromatic N) is 3. The van der Waals surface area contributed by atoms with Gasteiger partial charge >= 0.3 is 0 Å². The zero-order valence-corrected chi connectivity index (χ0v) is 17.9. The van der Waals surface area contributed by atoms with Crippen LogP contribution < -0.4 is 10.9 Å². The Labute approximate surface area is 189 Å². The fourth-order valence-electron chi connectivity index (χ4n) is 4.19. The van der Waals surface area contributed by atoms with Crippen LogP contribution in [0.2, 0.25) is 0 Å². The Bertz CT molecular complexity index is 1320. The highest BCUT2D eigenvalue weighted by molar-refractivity contribution is 5.94. The number of anilines is 1. The number of carbonyl (C=O) groups excluding carboxylic acids is 1. The lowest BCUT2D eigenvalue weighted by molar-refractivity contribution is -0.126. The molecule has 33 heavy (non-hydrogen) atoms. The standard InChI is InChI=1S/C25H22F2N4O2/c1-2-23(32)30-11-9-19(10-12-30)29-24-20-13-18(27)7-8-22(20)31(25(33)21(24)14-28)15-16-3-5-17(26)6-4-16/h2-8,13,19,29H,1,9-12,15H2. The number of benzene rings is 2. The maximum absolute atomic E-state index is 14.2. The molecule has 1 aliphatic heterocycles. The van der Waals surface area contributed by atoms with E-state index < -0.39 is 17.2 Å². The molecule has 4 rings (SSSR count). The average molecular weight is 448 g/mol. The fraction of sp³-hybridized carbons (Fsp3) is 0.240. The maximum Gasteiger partial charge on any atom is 0.271 e. The number of carbonyl (C=O) groups is 1. The number of likely N-dealkylation sites (tertiary alicyclic amines) is 1. The number of hydrogen-bond donors (Lipinski definition) is 1. The van der Waals surface area contributed by atoms with Crippen LogP contribution in [0.25, 0.3) is 10.9 Å². The first-order valence-corrected chi connectivity index (χ1v) is 10.6. The van der Waals surface area contributed by atoms with Gasteiger partial charge in [-0.2, -0.15) is 5.26 Å². The quantitative estimate of drug-likeness (QED) is 0.603. The van der Waals surface area contributed by atoms with E-state index in [2.05, 4.69) is 11.9 Å². The molecule has 1 aliphatic rings. The van der Waals surface area contributed by atoms with Crippen molar-refractivity contribution < 1.29 is 13.6 Å². The Balaban J connectivity index is 1.74. The molecular weight excluding hydrogens is 426 g/mol. The summed E-state index contributed by atoms with van der Waals surface area (Å²) in [4.78, 5) is 26.8. The van der Waals surface area contributed by atoms with Gasteiger partial charge in [-0.25, -0.2) is 8.78 Å². The Morgan fingerprint density at radius 1 is 1.15 bits per heavy atom. The lowest BCUT2D eigenvalue weighted by atomic mass is 10.0. The van der Waals surface area contributed by atoms with Gasteiger partial charge in [-0.1, -0.05) is 18.7 Å². The Morgan fingerprint density at radius 2 is 1.82 bits per heavy atom. The van der Waals surface area contributed by atoms with Gasteiger partial charge < -0.3 is 14.8 Å². The highest BCUT2D eigenvalue weighted by atomic mass is 19.1. The number of halogens is 2. The average Bonchev–Trinajstić information content (AvgIpc) is 2.83. The summed E-state index contributed by atoms with van der Waals surface area (Å²) >= 11 is 0. The molecule has 0 atom stereocenters. The predicted molar refractivity (Wildman–Crippen MR) is 122 cm³/mol. The molecule has 6 nitrogen and oxygen atoms in total. The van der Waals surface area contributed by atoms with Crippen molar-refractivity contribution in [3.63, 3.8) is 0 Å². The minimum atomic E-state index is -0.511. The number of piperidine rings is 1. The summed E-state index contributed by atoms with van der Waals surface area (Å²) < 4.78 is 28.9. The van der Waals surface area contributed by atoms with Gasteiger partial charge in [0.1, 0.15) is 23.3 Å². The molecule has 0 bridgehead atoms. The number of rotatable bonds is 5. The van der Waals surface area contributed by atoms with Crippen LogP contribution in [0.3, 0.4) is 0 Å². The number of pyridine rings is 1. The summed E-state index contributed by atoms with van der Waals surface area (Å²) in [6, 6.07) is 11.7. The SMILES string of the molecule is C=CC(=O)N1CCC(Nc2c(C#N)c(=O)n(Cc3ccc(F)cc3)c3ccc(F)cc23)CC1. The summed E-state index contributed by atoms with van der Waals surface area (Å²) in [7, 11) is 0. The first-order valence-electron chi connectivity index (χ1n) is 10.6. The molecule has 8 heteroatoms. The summed E-state index contributed by atoms with van der Waals surface area (Å²) in [5.74, 6) is -1.02. The molecule has 0 saturated carbocycles. The van der Waals surface area contributed by atoms with Crippen molar-refractivity contribution in [2.45, 2.75) is 25.4 Å². The zero-order chi connectivity index (χ0) is 23.5. The lowest BCUT2D eigenvalue weighted by Crippen LogP contribution is -2.42. The van der Waals surface area contributed by atoms with E-state index in [4.69, 9.17) is 0 Å². The van der Waals surface area contributed by atoms with Gasteiger partial charge in [-0.15, -0.1) is 0 Å². The number of nitrogens with one attached hydrogen (secondary N) is 1. The number of fused-ring (bicyclic) bond motifs is 1. The van der Waals surface area contributed by atoms with Gasteiger partial charge in [0.15, 0.2) is 0 Å². The second kappa shape index (κ2) is 9.25. The van der Waals surface area contributed by atoms with Crippen LogP contribution in [0, 0.1) is 23.0 Å². The molecule has 2 aromatic carbocycles. The van der Waals surface area contributed by atoms with E-state index in [1.165, 1.54) is 41.0 Å². The molecule has 168 valence electrons. The molecule has 3 aromatic rings. The smallest absolute Gasteiger partial charge is 0.271 e. The van der Waals surface area contributed by atoms with E-state index >= 15 is 0 Å². The van der Waals surface area contributed by atoms with Gasteiger partial charge in [0.25, 0.3) is 5.56 Å². The number of nitriles is 1. The van der Waals surface area contributed by atoms with Gasteiger partial charge in [0, 0.05) is 24.5 Å². The highest BCUT2D eigenvalue weighted by Gasteiger charge is 2.24. The molecule has 1 amide bonds. The highest BCUT2D eigenvalue weighted by Crippen LogP contribution is 2.29. The van der Waals surface area contributed by atoms with E-state index in [9.17, 15) is 23.6 Å². The van der Waals surface area contributed by atoms with Crippen molar-refractivity contribution >= 4 is 22.5 Å². The third kappa shape index (κ3) is 4.48. The molecule has 1 N–H and O–H groups in total. The van der Waals surface area contributed by atoms with Crippen molar-refractivity contribution in [2.75, 3.05) is 18.4 Å². The number of aromatic nitrogens is 1. The van der Waals surface area contributed by atoms with Crippen LogP contribution in [0.5, 0.6) is 0 Å². The Hall–Kier alpha value is -3.99. The molecule has 2 heterocycles. The lowest BCUT2D eigenvalue weighted by Gasteiger charge is -2.32. The van der Waals surface area contributed by atoms with E-state index in [-0.39, 0.29) is 24.1 Å². The third-order valence-corrected chi connectivity index (χ3v) is 5.92. The first-order chi connectivity index (χ1) is 15.9. The van der Waals surface area contributed by atoms with Gasteiger partial charge in [0.05, 0.1) is 17.7 Å². The van der Waals surface area contributed by atoms with Crippen LogP contribution in [-0.2, 0) is 11.3 Å². The zero-order valence-electron chi connectivity index (χ0n) is 17.9. The largest absolute Gasteiger partial charge is 0.380 e. The molecule has 0 radical (unpaired) electrons. The molecule has 0 aliphatic carbocycles. The van der Waals surface area contributed by atoms with E-state index in [1.807, 2.05) is 6.07 Å². The molecule has 0 spiro atoms. The normalized spacial score (nSPS) is 14.2. The maximum atomic E-state index is 14.2. The van der Waals surface area contributed by atoms with Crippen molar-refractivity contribution in [2.24, 2.45) is 0 Å². The second-order valence-electron chi connectivity index (χ2n) is 7.99. The Kier molecular flexibility index (Phi) is 6.22. The summed E-state index contributed by atoms with van der Waals surface area (Å²) in [6.45, 7) is 4.64. The number of hydrogen-bond acceptors (Lipinski definition) is 4. The molecule has 1 aromatic heterocycles. The third-order valence-electron chi connectivity index (χ3n) is 5.92. The van der Waals surface area contributed by atoms with Crippen LogP contribution in [0.15, 0.2) is 59.9 Å². The topological polar surface area (TPSA) is 78.1 Å². The van der Waals surface area contributed by atoms with Crippen molar-refractivity contribution in [1.82, 2.24) is 9.47 Å². The molecule has 1 saturated heterocycles. The molecular formula is C25H22F2N4O2. The van der Waals surface area contributed by atoms with Crippen LogP contribution >= 0.6 is 0 Å². The van der Waals surface area contributed by atoms with Gasteiger partial charge in [-0.3, -0.25) is 9.59 Å². The van der Waals surface area contributed by atoms with Crippen molar-refractivity contribution in [3.8, 4) is 6.07 Å². The van der Waals surface area contributed by atoms with Crippen LogP contribution in [0.1, 0.15) is 24.0 Å². The van der Waals surface area contributed by atoms with Crippen LogP contribution in [0.4, 0.5) is 14.5 Å². The number of amides is 1. The van der Waals surface area contributed by atoms with E-state index in [0.29, 0.717) is 48.1 Å². The monoisotopic (exact) mass is 448 g/mol. The van der Waals surface area contributed by atoms with Crippen molar-refractivity contribution in [3.05, 3.63) is 88.2 Å². The summed E-state index contributed by atoms with van der Waals surface area (Å²) in [6.07, 6.45) is 2.50. The van der Waals surface area contributed by atoms with Gasteiger partial charge in [0.2, 0.25) is 5.91 Å². The second-order valence-corrected chi connectivity index (χ2v) is 7.99. The summed E-state index contributed by atoms with van der Waals surface area (Å²) in [5.41, 5.74) is 0.808. The Morgan fingerprint density at radius 3 is 2.45 bits per heavy atom. The van der Waals surface area contributed by atoms with E-state index in [0.717, 1.165) is 0 Å². The predicted octanol–water partition coefficient (Wildman–Crippen LogP) is 3.79. The minimum Gasteiger partial charge on any atom is -0.380 e. The van der Waals surface area contributed by atoms with Crippen molar-refractivity contribution in [1.29, 1.82) is 5.26 Å².